The lowest BCUT2D eigenvalue weighted by atomic mass is 9.95. The van der Waals surface area contributed by atoms with Gasteiger partial charge in [-0.25, -0.2) is 0 Å². The minimum Gasteiger partial charge on any atom is -0.493 e. The third kappa shape index (κ3) is 3.31. The first-order chi connectivity index (χ1) is 11.5. The van der Waals surface area contributed by atoms with E-state index < -0.39 is 11.4 Å². The lowest BCUT2D eigenvalue weighted by Crippen LogP contribution is -2.59. The molecule has 7 heteroatoms. The number of nitrogens with two attached hydrogens (primary N) is 1. The van der Waals surface area contributed by atoms with Gasteiger partial charge in [0.25, 0.3) is 0 Å². The summed E-state index contributed by atoms with van der Waals surface area (Å²) in [4.78, 5) is 26.3. The second-order valence-electron chi connectivity index (χ2n) is 5.84. The molecule has 1 unspecified atom stereocenters. The van der Waals surface area contributed by atoms with Crippen molar-refractivity contribution >= 4 is 11.8 Å². The first-order valence-corrected chi connectivity index (χ1v) is 7.78. The van der Waals surface area contributed by atoms with E-state index in [1.54, 1.807) is 37.3 Å². The zero-order valence-electron chi connectivity index (χ0n) is 14.3. The van der Waals surface area contributed by atoms with Crippen molar-refractivity contribution < 1.29 is 23.8 Å². The predicted octanol–water partition coefficient (Wildman–Crippen LogP) is 0.739. The fourth-order valence-electron chi connectivity index (χ4n) is 3.22. The number of methoxy groups -OCH3 is 3. The molecule has 0 radical (unpaired) electrons. The van der Waals surface area contributed by atoms with Gasteiger partial charge in [0.2, 0.25) is 11.8 Å². The van der Waals surface area contributed by atoms with Crippen LogP contribution in [0.1, 0.15) is 18.4 Å². The van der Waals surface area contributed by atoms with Crippen molar-refractivity contribution in [3.8, 4) is 11.5 Å². The van der Waals surface area contributed by atoms with E-state index in [0.29, 0.717) is 24.5 Å². The quantitative estimate of drug-likeness (QED) is 0.793. The van der Waals surface area contributed by atoms with Crippen molar-refractivity contribution in [1.29, 1.82) is 0 Å². The summed E-state index contributed by atoms with van der Waals surface area (Å²) in [5.41, 5.74) is 5.30. The van der Waals surface area contributed by atoms with Crippen molar-refractivity contribution in [2.24, 2.45) is 5.73 Å². The van der Waals surface area contributed by atoms with Crippen LogP contribution in [0.15, 0.2) is 18.2 Å². The van der Waals surface area contributed by atoms with Gasteiger partial charge in [0.1, 0.15) is 5.54 Å². The summed E-state index contributed by atoms with van der Waals surface area (Å²) in [5.74, 6) is 0.473. The molecule has 1 saturated heterocycles. The molecule has 7 nitrogen and oxygen atoms in total. The van der Waals surface area contributed by atoms with Gasteiger partial charge in [0.15, 0.2) is 11.5 Å². The maximum absolute atomic E-state index is 12.8. The first kappa shape index (κ1) is 18.1. The highest BCUT2D eigenvalue weighted by atomic mass is 16.5. The van der Waals surface area contributed by atoms with Crippen molar-refractivity contribution in [3.05, 3.63) is 23.8 Å². The molecular formula is C17H24N2O5. The Morgan fingerprint density at radius 3 is 2.50 bits per heavy atom. The average Bonchev–Trinajstić information content (AvgIpc) is 3.00. The number of primary amides is 1. The maximum Gasteiger partial charge on any atom is 0.245 e. The molecule has 1 aliphatic rings. The van der Waals surface area contributed by atoms with Crippen LogP contribution in [-0.2, 0) is 20.7 Å². The molecule has 1 aromatic carbocycles. The van der Waals surface area contributed by atoms with Gasteiger partial charge in [-0.2, -0.15) is 0 Å². The maximum atomic E-state index is 12.8. The highest BCUT2D eigenvalue weighted by Crippen LogP contribution is 2.32. The summed E-state index contributed by atoms with van der Waals surface area (Å²) in [5, 5.41) is 0. The molecule has 2 amide bonds. The van der Waals surface area contributed by atoms with Crippen molar-refractivity contribution in [1.82, 2.24) is 4.90 Å². The van der Waals surface area contributed by atoms with Crippen LogP contribution >= 0.6 is 0 Å². The summed E-state index contributed by atoms with van der Waals surface area (Å²) >= 11 is 0. The Morgan fingerprint density at radius 2 is 1.92 bits per heavy atom. The summed E-state index contributed by atoms with van der Waals surface area (Å²) in [6.45, 7) is 0.610. The highest BCUT2D eigenvalue weighted by molar-refractivity contribution is 5.92. The molecule has 1 fully saturated rings. The molecule has 132 valence electrons. The molecule has 0 aromatic heterocycles. The van der Waals surface area contributed by atoms with Crippen LogP contribution < -0.4 is 15.2 Å². The number of nitrogens with zero attached hydrogens (tertiary/aromatic N) is 1. The smallest absolute Gasteiger partial charge is 0.245 e. The van der Waals surface area contributed by atoms with Gasteiger partial charge in [-0.1, -0.05) is 6.07 Å². The lowest BCUT2D eigenvalue weighted by Gasteiger charge is -2.35. The molecule has 0 bridgehead atoms. The van der Waals surface area contributed by atoms with Crippen molar-refractivity contribution in [2.75, 3.05) is 34.5 Å². The van der Waals surface area contributed by atoms with Gasteiger partial charge in [0, 0.05) is 13.7 Å². The van der Waals surface area contributed by atoms with E-state index in [1.807, 2.05) is 0 Å². The average molecular weight is 336 g/mol. The minimum atomic E-state index is -1.05. The Bertz CT molecular complexity index is 619. The Balaban J connectivity index is 2.21. The van der Waals surface area contributed by atoms with Crippen LogP contribution in [-0.4, -0.2) is 56.7 Å². The molecule has 1 aromatic rings. The number of amides is 2. The van der Waals surface area contributed by atoms with Crippen LogP contribution in [0.25, 0.3) is 0 Å². The molecule has 0 saturated carbocycles. The van der Waals surface area contributed by atoms with Crippen molar-refractivity contribution in [3.63, 3.8) is 0 Å². The highest BCUT2D eigenvalue weighted by Gasteiger charge is 2.48. The molecular weight excluding hydrogens is 312 g/mol. The van der Waals surface area contributed by atoms with Crippen LogP contribution in [0, 0.1) is 0 Å². The Morgan fingerprint density at radius 1 is 1.21 bits per heavy atom. The fraction of sp³-hybridized carbons (Fsp3) is 0.529. The van der Waals surface area contributed by atoms with E-state index in [4.69, 9.17) is 19.9 Å². The number of hydrogen-bond donors (Lipinski definition) is 1. The van der Waals surface area contributed by atoms with E-state index in [-0.39, 0.29) is 18.9 Å². The summed E-state index contributed by atoms with van der Waals surface area (Å²) in [6.07, 6.45) is 1.40. The second-order valence-corrected chi connectivity index (χ2v) is 5.84. The number of carbonyl (C=O) groups is 2. The molecule has 1 heterocycles. The van der Waals surface area contributed by atoms with Gasteiger partial charge < -0.3 is 24.8 Å². The summed E-state index contributed by atoms with van der Waals surface area (Å²) < 4.78 is 15.6. The molecule has 2 rings (SSSR count). The third-order valence-corrected chi connectivity index (χ3v) is 4.43. The van der Waals surface area contributed by atoms with E-state index in [1.165, 1.54) is 7.11 Å². The number of benzene rings is 1. The topological polar surface area (TPSA) is 91.1 Å². The van der Waals surface area contributed by atoms with Crippen LogP contribution in [0.3, 0.4) is 0 Å². The molecule has 24 heavy (non-hydrogen) atoms. The van der Waals surface area contributed by atoms with E-state index in [0.717, 1.165) is 12.0 Å². The standard InChI is InChI=1S/C17H24N2O5/c1-22-11-17(16(18)21)7-4-8-19(17)15(20)10-12-5-6-13(23-2)14(9-12)24-3/h5-6,9H,4,7-8,10-11H2,1-3H3,(H2,18,21). The van der Waals surface area contributed by atoms with Crippen LogP contribution in [0.5, 0.6) is 11.5 Å². The Hall–Kier alpha value is -2.28. The van der Waals surface area contributed by atoms with Crippen molar-refractivity contribution in [2.45, 2.75) is 24.8 Å². The molecule has 2 N–H and O–H groups in total. The third-order valence-electron chi connectivity index (χ3n) is 4.43. The van der Waals surface area contributed by atoms with E-state index in [9.17, 15) is 9.59 Å². The number of likely N-dealkylation sites (tertiary alicyclic amines) is 1. The number of ether oxygens (including phenoxy) is 3. The normalized spacial score (nSPS) is 20.0. The fourth-order valence-corrected chi connectivity index (χ4v) is 3.22. The van der Waals surface area contributed by atoms with Gasteiger partial charge >= 0.3 is 0 Å². The largest absolute Gasteiger partial charge is 0.493 e. The van der Waals surface area contributed by atoms with Gasteiger partial charge in [-0.15, -0.1) is 0 Å². The monoisotopic (exact) mass is 336 g/mol. The van der Waals surface area contributed by atoms with Crippen LogP contribution in [0.4, 0.5) is 0 Å². The van der Waals surface area contributed by atoms with Gasteiger partial charge in [0.05, 0.1) is 27.2 Å². The summed E-state index contributed by atoms with van der Waals surface area (Å²) in [6, 6.07) is 5.31. The Labute approximate surface area is 141 Å². The van der Waals surface area contributed by atoms with Gasteiger partial charge in [-0.3, -0.25) is 9.59 Å². The summed E-state index contributed by atoms with van der Waals surface area (Å²) in [7, 11) is 4.60. The van der Waals surface area contributed by atoms with E-state index >= 15 is 0 Å². The number of carbonyl (C=O) groups excluding carboxylic acids is 2. The molecule has 1 aliphatic heterocycles. The first-order valence-electron chi connectivity index (χ1n) is 7.78. The zero-order chi connectivity index (χ0) is 17.7. The second kappa shape index (κ2) is 7.53. The molecule has 1 atom stereocenters. The van der Waals surface area contributed by atoms with E-state index in [2.05, 4.69) is 0 Å². The zero-order valence-corrected chi connectivity index (χ0v) is 14.3. The Kier molecular flexibility index (Phi) is 5.66. The number of hydrogen-bond acceptors (Lipinski definition) is 5. The number of rotatable bonds is 7. The SMILES string of the molecule is COCC1(C(N)=O)CCCN1C(=O)Cc1ccc(OC)c(OC)c1. The molecule has 0 spiro atoms. The molecule has 0 aliphatic carbocycles. The van der Waals surface area contributed by atoms with Gasteiger partial charge in [-0.05, 0) is 30.5 Å². The minimum absolute atomic E-state index is 0.111. The van der Waals surface area contributed by atoms with Crippen LogP contribution in [0.2, 0.25) is 0 Å². The predicted molar refractivity (Wildman–Crippen MR) is 88.0 cm³/mol. The lowest BCUT2D eigenvalue weighted by molar-refractivity contribution is -0.146.